The average molecular weight is 226 g/mol. The minimum atomic E-state index is -0.678. The second-order valence-electron chi connectivity index (χ2n) is 5.34. The maximum absolute atomic E-state index is 10.8. The van der Waals surface area contributed by atoms with Crippen molar-refractivity contribution in [2.45, 2.75) is 38.3 Å². The van der Waals surface area contributed by atoms with Crippen molar-refractivity contribution in [1.82, 2.24) is 9.80 Å². The summed E-state index contributed by atoms with van der Waals surface area (Å²) in [5.41, 5.74) is 0. The van der Waals surface area contributed by atoms with Gasteiger partial charge in [0.25, 0.3) is 0 Å². The highest BCUT2D eigenvalue weighted by Crippen LogP contribution is 2.28. The predicted octanol–water partition coefficient (Wildman–Crippen LogP) is 0.876. The Kier molecular flexibility index (Phi) is 3.50. The van der Waals surface area contributed by atoms with Crippen molar-refractivity contribution in [3.8, 4) is 0 Å². The van der Waals surface area contributed by atoms with Crippen molar-refractivity contribution >= 4 is 5.97 Å². The van der Waals surface area contributed by atoms with Crippen molar-refractivity contribution in [3.63, 3.8) is 0 Å². The fraction of sp³-hybridized carbons (Fsp3) is 0.917. The maximum Gasteiger partial charge on any atom is 0.307 e. The molecule has 4 heteroatoms. The highest BCUT2D eigenvalue weighted by Gasteiger charge is 2.35. The summed E-state index contributed by atoms with van der Waals surface area (Å²) in [6, 6.07) is 1.38. The van der Waals surface area contributed by atoms with Crippen LogP contribution in [0.3, 0.4) is 0 Å². The van der Waals surface area contributed by atoms with Crippen LogP contribution in [0.1, 0.15) is 26.2 Å². The number of fused-ring (bicyclic) bond motifs is 2. The van der Waals surface area contributed by atoms with Gasteiger partial charge in [0.2, 0.25) is 0 Å². The minimum Gasteiger partial charge on any atom is -0.481 e. The molecule has 0 aliphatic carbocycles. The van der Waals surface area contributed by atoms with Crippen LogP contribution < -0.4 is 0 Å². The molecule has 0 radical (unpaired) electrons. The van der Waals surface area contributed by atoms with E-state index in [9.17, 15) is 4.79 Å². The van der Waals surface area contributed by atoms with Gasteiger partial charge in [-0.1, -0.05) is 6.92 Å². The van der Waals surface area contributed by atoms with Crippen LogP contribution in [-0.2, 0) is 4.79 Å². The monoisotopic (exact) mass is 226 g/mol. The van der Waals surface area contributed by atoms with Gasteiger partial charge in [0.15, 0.2) is 0 Å². The number of rotatable bonds is 3. The quantitative estimate of drug-likeness (QED) is 0.775. The van der Waals surface area contributed by atoms with Gasteiger partial charge in [0.1, 0.15) is 0 Å². The lowest BCUT2D eigenvalue weighted by Crippen LogP contribution is -2.39. The molecule has 0 aromatic heterocycles. The first-order valence-electron chi connectivity index (χ1n) is 6.25. The van der Waals surface area contributed by atoms with E-state index in [-0.39, 0.29) is 5.92 Å². The van der Waals surface area contributed by atoms with E-state index in [0.717, 1.165) is 19.1 Å². The molecule has 92 valence electrons. The Morgan fingerprint density at radius 3 is 2.75 bits per heavy atom. The Balaban J connectivity index is 1.91. The zero-order valence-electron chi connectivity index (χ0n) is 10.2. The zero-order chi connectivity index (χ0) is 11.7. The standard InChI is InChI=1S/C12H22N2O2/c1-9(12(15)16)7-14-6-5-10-3-4-11(8-14)13(10)2/h9-11H,3-8H2,1-2H3,(H,15,16). The van der Waals surface area contributed by atoms with Crippen LogP contribution in [0.4, 0.5) is 0 Å². The van der Waals surface area contributed by atoms with Crippen LogP contribution in [0.15, 0.2) is 0 Å². The van der Waals surface area contributed by atoms with E-state index in [0.29, 0.717) is 12.6 Å². The van der Waals surface area contributed by atoms with Gasteiger partial charge in [-0.15, -0.1) is 0 Å². The predicted molar refractivity (Wildman–Crippen MR) is 62.4 cm³/mol. The van der Waals surface area contributed by atoms with E-state index >= 15 is 0 Å². The van der Waals surface area contributed by atoms with Gasteiger partial charge < -0.3 is 10.0 Å². The van der Waals surface area contributed by atoms with E-state index in [2.05, 4.69) is 16.8 Å². The molecule has 2 aliphatic heterocycles. The van der Waals surface area contributed by atoms with E-state index in [1.54, 1.807) is 6.92 Å². The normalized spacial score (nSPS) is 33.6. The fourth-order valence-corrected chi connectivity index (χ4v) is 3.01. The molecule has 2 fully saturated rings. The van der Waals surface area contributed by atoms with Gasteiger partial charge in [0, 0.05) is 25.2 Å². The lowest BCUT2D eigenvalue weighted by molar-refractivity contribution is -0.141. The van der Waals surface area contributed by atoms with Crippen molar-refractivity contribution in [2.75, 3.05) is 26.7 Å². The molecule has 0 amide bonds. The number of carbonyl (C=O) groups is 1. The molecule has 0 aromatic rings. The second kappa shape index (κ2) is 4.72. The summed E-state index contributed by atoms with van der Waals surface area (Å²) in [6.45, 7) is 4.61. The molecule has 0 spiro atoms. The third-order valence-electron chi connectivity index (χ3n) is 4.19. The molecular weight excluding hydrogens is 204 g/mol. The van der Waals surface area contributed by atoms with Crippen molar-refractivity contribution in [1.29, 1.82) is 0 Å². The fourth-order valence-electron chi connectivity index (χ4n) is 3.01. The molecule has 3 atom stereocenters. The summed E-state index contributed by atoms with van der Waals surface area (Å²) < 4.78 is 0. The van der Waals surface area contributed by atoms with Crippen molar-refractivity contribution < 1.29 is 9.90 Å². The van der Waals surface area contributed by atoms with E-state index in [4.69, 9.17) is 5.11 Å². The third-order valence-corrected chi connectivity index (χ3v) is 4.19. The zero-order valence-corrected chi connectivity index (χ0v) is 10.2. The number of aliphatic carboxylic acids is 1. The Morgan fingerprint density at radius 2 is 2.06 bits per heavy atom. The van der Waals surface area contributed by atoms with Crippen LogP contribution in [0, 0.1) is 5.92 Å². The SMILES string of the molecule is CC(CN1CCC2CCC(C1)N2C)C(=O)O. The molecule has 4 nitrogen and oxygen atoms in total. The van der Waals surface area contributed by atoms with E-state index in [1.165, 1.54) is 19.3 Å². The smallest absolute Gasteiger partial charge is 0.307 e. The minimum absolute atomic E-state index is 0.248. The van der Waals surface area contributed by atoms with Crippen LogP contribution >= 0.6 is 0 Å². The molecule has 2 heterocycles. The van der Waals surface area contributed by atoms with Gasteiger partial charge in [-0.05, 0) is 32.9 Å². The maximum atomic E-state index is 10.8. The summed E-state index contributed by atoms with van der Waals surface area (Å²) in [7, 11) is 2.21. The molecule has 2 rings (SSSR count). The van der Waals surface area contributed by atoms with Crippen LogP contribution in [0.5, 0.6) is 0 Å². The summed E-state index contributed by atoms with van der Waals surface area (Å²) in [4.78, 5) is 15.7. The Labute approximate surface area is 97.2 Å². The first kappa shape index (κ1) is 11.9. The molecule has 0 aromatic carbocycles. The number of carboxylic acids is 1. The van der Waals surface area contributed by atoms with Gasteiger partial charge in [-0.25, -0.2) is 0 Å². The Morgan fingerprint density at radius 1 is 1.38 bits per heavy atom. The lowest BCUT2D eigenvalue weighted by Gasteiger charge is -2.26. The number of carboxylic acid groups (broad SMARTS) is 1. The molecule has 2 aliphatic rings. The number of hydrogen-bond donors (Lipinski definition) is 1. The molecule has 0 saturated carbocycles. The van der Waals surface area contributed by atoms with Gasteiger partial charge in [-0.2, -0.15) is 0 Å². The van der Waals surface area contributed by atoms with Gasteiger partial charge in [0.05, 0.1) is 5.92 Å². The second-order valence-corrected chi connectivity index (χ2v) is 5.34. The largest absolute Gasteiger partial charge is 0.481 e. The highest BCUT2D eigenvalue weighted by atomic mass is 16.4. The molecule has 16 heavy (non-hydrogen) atoms. The molecule has 2 bridgehead atoms. The summed E-state index contributed by atoms with van der Waals surface area (Å²) in [6.07, 6.45) is 3.79. The topological polar surface area (TPSA) is 43.8 Å². The highest BCUT2D eigenvalue weighted by molar-refractivity contribution is 5.69. The molecule has 1 N–H and O–H groups in total. The number of likely N-dealkylation sites (N-methyl/N-ethyl adjacent to an activating group) is 1. The average Bonchev–Trinajstić information content (AvgIpc) is 2.46. The third kappa shape index (κ3) is 2.38. The number of hydrogen-bond acceptors (Lipinski definition) is 3. The van der Waals surface area contributed by atoms with Crippen LogP contribution in [0.2, 0.25) is 0 Å². The molecular formula is C12H22N2O2. The summed E-state index contributed by atoms with van der Waals surface area (Å²) in [5, 5.41) is 8.93. The molecule has 3 unspecified atom stereocenters. The summed E-state index contributed by atoms with van der Waals surface area (Å²) >= 11 is 0. The van der Waals surface area contributed by atoms with Gasteiger partial charge in [-0.3, -0.25) is 9.69 Å². The van der Waals surface area contributed by atoms with Crippen LogP contribution in [0.25, 0.3) is 0 Å². The van der Waals surface area contributed by atoms with Crippen LogP contribution in [-0.4, -0.2) is 59.6 Å². The van der Waals surface area contributed by atoms with Gasteiger partial charge >= 0.3 is 5.97 Å². The first-order chi connectivity index (χ1) is 7.58. The van der Waals surface area contributed by atoms with E-state index < -0.39 is 5.97 Å². The first-order valence-corrected chi connectivity index (χ1v) is 6.25. The number of likely N-dealkylation sites (tertiary alicyclic amines) is 1. The Bertz CT molecular complexity index is 270. The lowest BCUT2D eigenvalue weighted by atomic mass is 10.1. The van der Waals surface area contributed by atoms with Crippen molar-refractivity contribution in [2.24, 2.45) is 5.92 Å². The molecule has 2 saturated heterocycles. The van der Waals surface area contributed by atoms with E-state index in [1.807, 2.05) is 0 Å². The van der Waals surface area contributed by atoms with Crippen molar-refractivity contribution in [3.05, 3.63) is 0 Å². The summed E-state index contributed by atoms with van der Waals surface area (Å²) in [5.74, 6) is -0.926. The number of nitrogens with zero attached hydrogens (tertiary/aromatic N) is 2. The Hall–Kier alpha value is -0.610.